The van der Waals surface area contributed by atoms with Crippen molar-refractivity contribution >= 4 is 46.4 Å². The van der Waals surface area contributed by atoms with Gasteiger partial charge in [0.15, 0.2) is 0 Å². The lowest BCUT2D eigenvalue weighted by Crippen LogP contribution is -2.13. The first kappa shape index (κ1) is 15.2. The molecule has 0 saturated heterocycles. The van der Waals surface area contributed by atoms with Gasteiger partial charge in [0.25, 0.3) is 0 Å². The number of thioether (sulfide) groups is 1. The quantitative estimate of drug-likeness (QED) is 0.778. The molecule has 22 heavy (non-hydrogen) atoms. The first-order chi connectivity index (χ1) is 10.6. The second-order valence-corrected chi connectivity index (χ2v) is 6.47. The minimum atomic E-state index is -0.118. The van der Waals surface area contributed by atoms with E-state index in [1.807, 2.05) is 53.9 Å². The van der Waals surface area contributed by atoms with Crippen LogP contribution >= 0.6 is 35.0 Å². The lowest BCUT2D eigenvalue weighted by atomic mass is 10.1. The Kier molecular flexibility index (Phi) is 4.57. The van der Waals surface area contributed by atoms with E-state index in [2.05, 4.69) is 5.32 Å². The summed E-state index contributed by atoms with van der Waals surface area (Å²) in [5.74, 6) is -0.118. The molecule has 0 aliphatic carbocycles. The maximum Gasteiger partial charge on any atom is 0.249 e. The molecule has 2 aromatic carbocycles. The van der Waals surface area contributed by atoms with Crippen LogP contribution in [0.1, 0.15) is 5.56 Å². The van der Waals surface area contributed by atoms with Gasteiger partial charge in [-0.2, -0.15) is 0 Å². The first-order valence-electron chi connectivity index (χ1n) is 6.53. The lowest BCUT2D eigenvalue weighted by Gasteiger charge is -2.06. The third-order valence-corrected chi connectivity index (χ3v) is 4.51. The highest BCUT2D eigenvalue weighted by molar-refractivity contribution is 8.02. The van der Waals surface area contributed by atoms with Gasteiger partial charge < -0.3 is 5.32 Å². The zero-order chi connectivity index (χ0) is 15.5. The number of allylic oxidation sites excluding steroid dienone is 1. The van der Waals surface area contributed by atoms with Gasteiger partial charge in [-0.3, -0.25) is 4.79 Å². The van der Waals surface area contributed by atoms with Crippen molar-refractivity contribution in [2.75, 3.05) is 0 Å². The van der Waals surface area contributed by atoms with Crippen LogP contribution in [0.4, 0.5) is 0 Å². The van der Waals surface area contributed by atoms with E-state index in [1.165, 1.54) is 11.8 Å². The SMILES string of the molecule is O=C1C=C(c2ccc(Cl)cc2)/C(=C/Sc2ccc(Cl)cc2)N1. The summed E-state index contributed by atoms with van der Waals surface area (Å²) >= 11 is 13.3. The van der Waals surface area contributed by atoms with Gasteiger partial charge in [-0.05, 0) is 42.0 Å². The van der Waals surface area contributed by atoms with Crippen LogP contribution in [-0.2, 0) is 4.79 Å². The van der Waals surface area contributed by atoms with E-state index in [-0.39, 0.29) is 5.91 Å². The maximum atomic E-state index is 11.7. The summed E-state index contributed by atoms with van der Waals surface area (Å²) in [7, 11) is 0. The van der Waals surface area contributed by atoms with Crippen LogP contribution in [0.3, 0.4) is 0 Å². The van der Waals surface area contributed by atoms with Gasteiger partial charge in [-0.1, -0.05) is 47.1 Å². The highest BCUT2D eigenvalue weighted by atomic mass is 35.5. The Morgan fingerprint density at radius 1 is 0.909 bits per heavy atom. The Morgan fingerprint density at radius 3 is 2.14 bits per heavy atom. The van der Waals surface area contributed by atoms with E-state index in [0.717, 1.165) is 21.7 Å². The Balaban J connectivity index is 1.84. The normalized spacial score (nSPS) is 15.8. The van der Waals surface area contributed by atoms with Crippen LogP contribution in [0.2, 0.25) is 10.0 Å². The van der Waals surface area contributed by atoms with Gasteiger partial charge in [0, 0.05) is 32.0 Å². The van der Waals surface area contributed by atoms with E-state index in [9.17, 15) is 4.79 Å². The van der Waals surface area contributed by atoms with Crippen molar-refractivity contribution in [3.63, 3.8) is 0 Å². The van der Waals surface area contributed by atoms with E-state index in [1.54, 1.807) is 6.08 Å². The topological polar surface area (TPSA) is 29.1 Å². The summed E-state index contributed by atoms with van der Waals surface area (Å²) in [6.45, 7) is 0. The molecule has 1 amide bonds. The minimum Gasteiger partial charge on any atom is -0.321 e. The van der Waals surface area contributed by atoms with Crippen LogP contribution in [0.15, 0.2) is 70.6 Å². The van der Waals surface area contributed by atoms with Gasteiger partial charge in [-0.15, -0.1) is 0 Å². The number of rotatable bonds is 3. The highest BCUT2D eigenvalue weighted by Gasteiger charge is 2.18. The van der Waals surface area contributed by atoms with Crippen molar-refractivity contribution in [2.45, 2.75) is 4.90 Å². The molecule has 2 aromatic rings. The standard InChI is InChI=1S/C17H11Cl2NOS/c18-12-3-1-11(2-4-12)15-9-17(21)20-16(15)10-22-14-7-5-13(19)6-8-14/h1-10H,(H,20,21)/b16-10-. The van der Waals surface area contributed by atoms with Crippen LogP contribution in [0.5, 0.6) is 0 Å². The molecule has 2 nitrogen and oxygen atoms in total. The Hall–Kier alpha value is -1.68. The number of carbonyl (C=O) groups excluding carboxylic acids is 1. The fourth-order valence-electron chi connectivity index (χ4n) is 2.05. The fraction of sp³-hybridized carbons (Fsp3) is 0. The zero-order valence-electron chi connectivity index (χ0n) is 11.3. The van der Waals surface area contributed by atoms with Gasteiger partial charge in [0.1, 0.15) is 0 Å². The predicted octanol–water partition coefficient (Wildman–Crippen LogP) is 5.14. The minimum absolute atomic E-state index is 0.118. The number of carbonyl (C=O) groups is 1. The molecular formula is C17H11Cl2NOS. The van der Waals surface area contributed by atoms with Crippen LogP contribution in [0.25, 0.3) is 5.57 Å². The fourth-order valence-corrected chi connectivity index (χ4v) is 3.03. The van der Waals surface area contributed by atoms with Crippen LogP contribution < -0.4 is 5.32 Å². The van der Waals surface area contributed by atoms with Crippen molar-refractivity contribution in [2.24, 2.45) is 0 Å². The number of amides is 1. The van der Waals surface area contributed by atoms with Crippen molar-refractivity contribution < 1.29 is 4.79 Å². The predicted molar refractivity (Wildman–Crippen MR) is 93.0 cm³/mol. The molecule has 0 radical (unpaired) electrons. The molecule has 0 spiro atoms. The maximum absolute atomic E-state index is 11.7. The molecule has 1 aliphatic rings. The summed E-state index contributed by atoms with van der Waals surface area (Å²) in [5.41, 5.74) is 2.60. The lowest BCUT2D eigenvalue weighted by molar-refractivity contribution is -0.115. The molecule has 0 fully saturated rings. The van der Waals surface area contributed by atoms with Crippen molar-refractivity contribution in [3.8, 4) is 0 Å². The number of nitrogens with one attached hydrogen (secondary N) is 1. The summed E-state index contributed by atoms with van der Waals surface area (Å²) in [6, 6.07) is 15.0. The smallest absolute Gasteiger partial charge is 0.249 e. The molecule has 5 heteroatoms. The molecule has 3 rings (SSSR count). The average molecular weight is 348 g/mol. The average Bonchev–Trinajstić information content (AvgIpc) is 2.88. The highest BCUT2D eigenvalue weighted by Crippen LogP contribution is 2.30. The van der Waals surface area contributed by atoms with Crippen molar-refractivity contribution in [1.29, 1.82) is 0 Å². The zero-order valence-corrected chi connectivity index (χ0v) is 13.7. The summed E-state index contributed by atoms with van der Waals surface area (Å²) in [4.78, 5) is 12.7. The monoisotopic (exact) mass is 347 g/mol. The number of hydrogen-bond donors (Lipinski definition) is 1. The third-order valence-electron chi connectivity index (χ3n) is 3.11. The molecule has 1 N–H and O–H groups in total. The van der Waals surface area contributed by atoms with Gasteiger partial charge in [-0.25, -0.2) is 0 Å². The Bertz CT molecular complexity index is 764. The Labute approximate surface area is 142 Å². The van der Waals surface area contributed by atoms with Crippen LogP contribution in [-0.4, -0.2) is 5.91 Å². The van der Waals surface area contributed by atoms with Gasteiger partial charge in [0.2, 0.25) is 5.91 Å². The largest absolute Gasteiger partial charge is 0.321 e. The van der Waals surface area contributed by atoms with Gasteiger partial charge in [0.05, 0.1) is 5.70 Å². The second kappa shape index (κ2) is 6.61. The Morgan fingerprint density at radius 2 is 1.50 bits per heavy atom. The van der Waals surface area contributed by atoms with E-state index >= 15 is 0 Å². The van der Waals surface area contributed by atoms with E-state index in [0.29, 0.717) is 10.0 Å². The van der Waals surface area contributed by atoms with Crippen LogP contribution in [0, 0.1) is 0 Å². The van der Waals surface area contributed by atoms with Crippen molar-refractivity contribution in [1.82, 2.24) is 5.32 Å². The first-order valence-corrected chi connectivity index (χ1v) is 8.17. The molecule has 0 bridgehead atoms. The summed E-state index contributed by atoms with van der Waals surface area (Å²) in [6.07, 6.45) is 1.59. The molecular weight excluding hydrogens is 337 g/mol. The molecule has 1 heterocycles. The molecule has 0 aromatic heterocycles. The molecule has 110 valence electrons. The number of halogens is 2. The molecule has 0 unspecified atom stereocenters. The second-order valence-electron chi connectivity index (χ2n) is 4.66. The van der Waals surface area contributed by atoms with Crippen molar-refractivity contribution in [3.05, 3.63) is 81.3 Å². The summed E-state index contributed by atoms with van der Waals surface area (Å²) < 4.78 is 0. The number of hydrogen-bond acceptors (Lipinski definition) is 2. The third kappa shape index (κ3) is 3.55. The van der Waals surface area contributed by atoms with E-state index in [4.69, 9.17) is 23.2 Å². The number of benzene rings is 2. The van der Waals surface area contributed by atoms with E-state index < -0.39 is 0 Å². The van der Waals surface area contributed by atoms with Gasteiger partial charge >= 0.3 is 0 Å². The molecule has 0 saturated carbocycles. The molecule has 0 atom stereocenters. The summed E-state index contributed by atoms with van der Waals surface area (Å²) in [5, 5.41) is 6.14. The molecule has 1 aliphatic heterocycles.